The molecule has 1 aromatic heterocycles. The molecule has 3 aromatic rings. The van der Waals surface area contributed by atoms with E-state index < -0.39 is 18.0 Å². The molecule has 2 aromatic carbocycles. The van der Waals surface area contributed by atoms with Crippen LogP contribution < -0.4 is 10.6 Å². The van der Waals surface area contributed by atoms with Crippen LogP contribution in [0.5, 0.6) is 0 Å². The first-order valence-electron chi connectivity index (χ1n) is 13.2. The summed E-state index contributed by atoms with van der Waals surface area (Å²) in [6, 6.07) is 16.2. The van der Waals surface area contributed by atoms with Gasteiger partial charge in [0.05, 0.1) is 29.5 Å². The molecule has 3 N–H and O–H groups in total. The van der Waals surface area contributed by atoms with Gasteiger partial charge in [0.15, 0.2) is 0 Å². The minimum absolute atomic E-state index is 0.0106. The highest BCUT2D eigenvalue weighted by molar-refractivity contribution is 5.92. The van der Waals surface area contributed by atoms with Crippen molar-refractivity contribution in [1.82, 2.24) is 25.5 Å². The summed E-state index contributed by atoms with van der Waals surface area (Å²) >= 11 is 0. The summed E-state index contributed by atoms with van der Waals surface area (Å²) in [7, 11) is 0. The fraction of sp³-hybridized carbons (Fsp3) is 0.448. The highest BCUT2D eigenvalue weighted by Gasteiger charge is 2.33. The largest absolute Gasteiger partial charge is 0.345 e. The van der Waals surface area contributed by atoms with Gasteiger partial charge < -0.3 is 20.5 Å². The molecule has 1 saturated heterocycles. The molecule has 8 heteroatoms. The zero-order valence-electron chi connectivity index (χ0n) is 21.9. The lowest BCUT2D eigenvalue weighted by molar-refractivity contribution is -0.137. The van der Waals surface area contributed by atoms with E-state index in [2.05, 4.69) is 20.6 Å². The summed E-state index contributed by atoms with van der Waals surface area (Å²) in [5.74, 6) is 0.235. The van der Waals surface area contributed by atoms with Gasteiger partial charge in [0.1, 0.15) is 11.9 Å². The average Bonchev–Trinajstić information content (AvgIpc) is 3.55. The Morgan fingerprint density at radius 3 is 2.49 bits per heavy atom. The van der Waals surface area contributed by atoms with Crippen molar-refractivity contribution in [3.05, 3.63) is 66.0 Å². The van der Waals surface area contributed by atoms with Crippen molar-refractivity contribution >= 4 is 28.8 Å². The number of carbonyl (C=O) groups excluding carboxylic acids is 3. The fourth-order valence-corrected chi connectivity index (χ4v) is 4.83. The normalized spacial score (nSPS) is 17.1. The molecule has 0 unspecified atom stereocenters. The van der Waals surface area contributed by atoms with Crippen molar-refractivity contribution < 1.29 is 14.4 Å². The topological polar surface area (TPSA) is 107 Å². The molecule has 8 nitrogen and oxygen atoms in total. The lowest BCUT2D eigenvalue weighted by Gasteiger charge is -2.28. The van der Waals surface area contributed by atoms with E-state index >= 15 is 0 Å². The van der Waals surface area contributed by atoms with Gasteiger partial charge in [-0.2, -0.15) is 0 Å². The number of likely N-dealkylation sites (tertiary alicyclic amines) is 1. The number of benzene rings is 2. The summed E-state index contributed by atoms with van der Waals surface area (Å²) in [5.41, 5.74) is 2.79. The van der Waals surface area contributed by atoms with Crippen molar-refractivity contribution in [3.63, 3.8) is 0 Å². The van der Waals surface area contributed by atoms with E-state index in [0.29, 0.717) is 31.1 Å². The van der Waals surface area contributed by atoms with Gasteiger partial charge in [-0.15, -0.1) is 0 Å². The smallest absolute Gasteiger partial charge is 0.243 e. The summed E-state index contributed by atoms with van der Waals surface area (Å²) < 4.78 is 0. The monoisotopic (exact) mass is 503 g/mol. The Hall–Kier alpha value is -3.68. The standard InChI is InChI=1S/C29H37N5O3/c1-19(2)15-16-26(35)31-24(18-27(36)34-17-9-14-25(34)21-10-5-4-6-11-21)29(37)30-20(3)28-32-22-12-7-8-13-23(22)33-28/h4-8,10-13,19-20,24-25H,9,14-18H2,1-3H3,(H,30,37)(H,31,35)(H,32,33)/t20-,24-,25-/m0/s1. The predicted octanol–water partition coefficient (Wildman–Crippen LogP) is 4.41. The SMILES string of the molecule is CC(C)CCC(=O)N[C@@H](CC(=O)N1CCC[C@H]1c1ccccc1)C(=O)N[C@@H](C)c1nc2ccccc2[nH]1. The first-order valence-corrected chi connectivity index (χ1v) is 13.2. The molecule has 0 aliphatic carbocycles. The number of aromatic nitrogens is 2. The minimum Gasteiger partial charge on any atom is -0.345 e. The van der Waals surface area contributed by atoms with Gasteiger partial charge in [0.2, 0.25) is 17.7 Å². The van der Waals surface area contributed by atoms with Crippen LogP contribution in [0, 0.1) is 5.92 Å². The van der Waals surface area contributed by atoms with Crippen LogP contribution in [0.25, 0.3) is 11.0 Å². The Kier molecular flexibility index (Phi) is 8.58. The van der Waals surface area contributed by atoms with Crippen LogP contribution in [-0.2, 0) is 14.4 Å². The van der Waals surface area contributed by atoms with Crippen molar-refractivity contribution in [3.8, 4) is 0 Å². The Balaban J connectivity index is 1.47. The quantitative estimate of drug-likeness (QED) is 0.381. The van der Waals surface area contributed by atoms with Gasteiger partial charge >= 0.3 is 0 Å². The van der Waals surface area contributed by atoms with Gasteiger partial charge in [0.25, 0.3) is 0 Å². The van der Waals surface area contributed by atoms with Gasteiger partial charge in [-0.3, -0.25) is 14.4 Å². The molecule has 1 aliphatic heterocycles. The van der Waals surface area contributed by atoms with Gasteiger partial charge in [-0.25, -0.2) is 4.98 Å². The van der Waals surface area contributed by atoms with E-state index in [1.807, 2.05) is 80.3 Å². The first-order chi connectivity index (χ1) is 17.8. The van der Waals surface area contributed by atoms with Crippen LogP contribution >= 0.6 is 0 Å². The molecule has 0 radical (unpaired) electrons. The number of para-hydroxylation sites is 2. The van der Waals surface area contributed by atoms with Crippen LogP contribution in [0.2, 0.25) is 0 Å². The molecule has 196 valence electrons. The maximum absolute atomic E-state index is 13.4. The molecule has 4 rings (SSSR count). The maximum atomic E-state index is 13.4. The Morgan fingerprint density at radius 2 is 1.76 bits per heavy atom. The van der Waals surface area contributed by atoms with Crippen molar-refractivity contribution in [2.24, 2.45) is 5.92 Å². The maximum Gasteiger partial charge on any atom is 0.243 e. The van der Waals surface area contributed by atoms with Crippen molar-refractivity contribution in [2.75, 3.05) is 6.54 Å². The zero-order valence-corrected chi connectivity index (χ0v) is 21.9. The third-order valence-corrected chi connectivity index (χ3v) is 6.91. The van der Waals surface area contributed by atoms with Gasteiger partial charge in [-0.05, 0) is 49.8 Å². The number of fused-ring (bicyclic) bond motifs is 1. The van der Waals surface area contributed by atoms with E-state index in [1.54, 1.807) is 0 Å². The second-order valence-electron chi connectivity index (χ2n) is 10.3. The van der Waals surface area contributed by atoms with Crippen LogP contribution in [0.1, 0.15) is 76.3 Å². The van der Waals surface area contributed by atoms with Crippen LogP contribution in [0.15, 0.2) is 54.6 Å². The highest BCUT2D eigenvalue weighted by Crippen LogP contribution is 2.32. The van der Waals surface area contributed by atoms with E-state index in [4.69, 9.17) is 0 Å². The Labute approximate surface area is 218 Å². The van der Waals surface area contributed by atoms with Crippen LogP contribution in [0.3, 0.4) is 0 Å². The summed E-state index contributed by atoms with van der Waals surface area (Å²) in [6.07, 6.45) is 2.73. The lowest BCUT2D eigenvalue weighted by Crippen LogP contribution is -2.50. The van der Waals surface area contributed by atoms with E-state index in [9.17, 15) is 14.4 Å². The third kappa shape index (κ3) is 6.76. The molecule has 3 atom stereocenters. The number of H-pyrrole nitrogens is 1. The third-order valence-electron chi connectivity index (χ3n) is 6.91. The molecule has 0 bridgehead atoms. The average molecular weight is 504 g/mol. The predicted molar refractivity (Wildman–Crippen MR) is 143 cm³/mol. The molecule has 2 heterocycles. The minimum atomic E-state index is -0.962. The molecule has 1 aliphatic rings. The number of carbonyl (C=O) groups is 3. The van der Waals surface area contributed by atoms with Gasteiger partial charge in [0, 0.05) is 13.0 Å². The highest BCUT2D eigenvalue weighted by atomic mass is 16.2. The second-order valence-corrected chi connectivity index (χ2v) is 10.3. The Bertz CT molecular complexity index is 1190. The molecule has 0 spiro atoms. The lowest BCUT2D eigenvalue weighted by atomic mass is 10.0. The number of hydrogen-bond donors (Lipinski definition) is 3. The number of nitrogens with one attached hydrogen (secondary N) is 3. The second kappa shape index (κ2) is 12.0. The molecular weight excluding hydrogens is 466 g/mol. The zero-order chi connectivity index (χ0) is 26.4. The molecule has 1 fully saturated rings. The molecule has 37 heavy (non-hydrogen) atoms. The number of imidazole rings is 1. The fourth-order valence-electron chi connectivity index (χ4n) is 4.83. The number of nitrogens with zero attached hydrogens (tertiary/aromatic N) is 2. The van der Waals surface area contributed by atoms with E-state index in [1.165, 1.54) is 0 Å². The first kappa shape index (κ1) is 26.4. The van der Waals surface area contributed by atoms with Crippen LogP contribution in [-0.4, -0.2) is 45.2 Å². The molecular formula is C29H37N5O3. The van der Waals surface area contributed by atoms with Crippen LogP contribution in [0.4, 0.5) is 0 Å². The Morgan fingerprint density at radius 1 is 1.03 bits per heavy atom. The van der Waals surface area contributed by atoms with Crippen molar-refractivity contribution in [1.29, 1.82) is 0 Å². The molecule has 3 amide bonds. The van der Waals surface area contributed by atoms with Gasteiger partial charge in [-0.1, -0.05) is 56.3 Å². The molecule has 0 saturated carbocycles. The number of hydrogen-bond acceptors (Lipinski definition) is 4. The van der Waals surface area contributed by atoms with E-state index in [-0.39, 0.29) is 24.3 Å². The summed E-state index contributed by atoms with van der Waals surface area (Å²) in [5, 5.41) is 5.78. The van der Waals surface area contributed by atoms with E-state index in [0.717, 1.165) is 29.4 Å². The number of amides is 3. The summed E-state index contributed by atoms with van der Waals surface area (Å²) in [4.78, 5) is 49.2. The number of aromatic amines is 1. The number of rotatable bonds is 10. The van der Waals surface area contributed by atoms with Crippen molar-refractivity contribution in [2.45, 2.75) is 71.0 Å². The summed E-state index contributed by atoms with van der Waals surface area (Å²) in [6.45, 7) is 6.57.